The normalized spacial score (nSPS) is 14.2. The largest absolute Gasteiger partial charge is 0.455 e. The number of hydrogen-bond acceptors (Lipinski definition) is 5. The van der Waals surface area contributed by atoms with Crippen LogP contribution < -0.4 is 10.7 Å². The fourth-order valence-corrected chi connectivity index (χ4v) is 3.74. The molecule has 0 saturated heterocycles. The van der Waals surface area contributed by atoms with Gasteiger partial charge in [0.2, 0.25) is 0 Å². The molecule has 1 aliphatic rings. The zero-order valence-corrected chi connectivity index (χ0v) is 18.0. The van der Waals surface area contributed by atoms with E-state index in [2.05, 4.69) is 20.8 Å². The van der Waals surface area contributed by atoms with E-state index in [1.807, 2.05) is 0 Å². The summed E-state index contributed by atoms with van der Waals surface area (Å²) in [6.45, 7) is 1.80. The summed E-state index contributed by atoms with van der Waals surface area (Å²) in [5, 5.41) is 7.83. The Balaban J connectivity index is 1.57. The minimum atomic E-state index is -0.398. The van der Waals surface area contributed by atoms with Crippen LogP contribution in [-0.4, -0.2) is 22.5 Å². The lowest BCUT2D eigenvalue weighted by Gasteiger charge is -2.13. The maximum atomic E-state index is 12.8. The number of pyridine rings is 1. The number of hydrazone groups is 1. The number of fused-ring (bicyclic) bond motifs is 1. The fraction of sp³-hybridized carbons (Fsp3) is 0.182. The van der Waals surface area contributed by atoms with Crippen LogP contribution in [-0.2, 0) is 6.42 Å². The van der Waals surface area contributed by atoms with E-state index in [0.717, 1.165) is 12.0 Å². The molecule has 1 aromatic carbocycles. The summed E-state index contributed by atoms with van der Waals surface area (Å²) >= 11 is 11.9. The van der Waals surface area contributed by atoms with E-state index in [9.17, 15) is 9.59 Å². The Labute approximate surface area is 188 Å². The van der Waals surface area contributed by atoms with Gasteiger partial charge in [-0.05, 0) is 50.1 Å². The lowest BCUT2D eigenvalue weighted by atomic mass is 9.93. The summed E-state index contributed by atoms with van der Waals surface area (Å²) in [5.74, 6) is 0.150. The Morgan fingerprint density at radius 1 is 1.06 bits per heavy atom. The lowest BCUT2D eigenvalue weighted by Crippen LogP contribution is -2.22. The molecule has 9 heteroatoms. The number of benzene rings is 1. The second kappa shape index (κ2) is 8.91. The molecule has 0 spiro atoms. The molecule has 0 atom stereocenters. The first-order valence-electron chi connectivity index (χ1n) is 9.60. The molecule has 0 unspecified atom stereocenters. The molecule has 2 N–H and O–H groups in total. The second-order valence-corrected chi connectivity index (χ2v) is 7.84. The minimum absolute atomic E-state index is 0.200. The van der Waals surface area contributed by atoms with Crippen LogP contribution in [0, 0.1) is 6.92 Å². The molecule has 0 bridgehead atoms. The number of rotatable bonds is 4. The van der Waals surface area contributed by atoms with Crippen molar-refractivity contribution >= 4 is 46.4 Å². The fourth-order valence-electron chi connectivity index (χ4n) is 3.44. The smallest absolute Gasteiger partial charge is 0.291 e. The molecule has 2 amide bonds. The van der Waals surface area contributed by atoms with E-state index in [-0.39, 0.29) is 11.7 Å². The first-order valence-corrected chi connectivity index (χ1v) is 10.4. The van der Waals surface area contributed by atoms with Crippen LogP contribution in [0.25, 0.3) is 0 Å². The van der Waals surface area contributed by atoms with Crippen molar-refractivity contribution in [2.75, 3.05) is 5.32 Å². The molecule has 2 heterocycles. The summed E-state index contributed by atoms with van der Waals surface area (Å²) in [6, 6.07) is 8.05. The highest BCUT2D eigenvalue weighted by Crippen LogP contribution is 2.31. The van der Waals surface area contributed by atoms with Crippen LogP contribution >= 0.6 is 23.2 Å². The Hall–Kier alpha value is -3.16. The molecule has 7 nitrogen and oxygen atoms in total. The average molecular weight is 457 g/mol. The topological polar surface area (TPSA) is 96.6 Å². The number of amides is 2. The predicted octanol–water partition coefficient (Wildman–Crippen LogP) is 5.01. The van der Waals surface area contributed by atoms with E-state index < -0.39 is 5.91 Å². The number of halogens is 2. The van der Waals surface area contributed by atoms with E-state index >= 15 is 0 Å². The van der Waals surface area contributed by atoms with Crippen LogP contribution in [0.1, 0.15) is 50.6 Å². The number of carbonyl (C=O) groups is 2. The number of aryl methyl sites for hydroxylation is 1. The van der Waals surface area contributed by atoms with Crippen LogP contribution in [0.4, 0.5) is 5.69 Å². The molecular weight excluding hydrogens is 439 g/mol. The highest BCUT2D eigenvalue weighted by atomic mass is 35.5. The zero-order valence-electron chi connectivity index (χ0n) is 16.5. The van der Waals surface area contributed by atoms with E-state index in [1.54, 1.807) is 49.6 Å². The Kier molecular flexibility index (Phi) is 6.06. The number of anilines is 1. The molecule has 0 saturated carbocycles. The summed E-state index contributed by atoms with van der Waals surface area (Å²) in [6.07, 6.45) is 5.24. The molecule has 31 heavy (non-hydrogen) atoms. The lowest BCUT2D eigenvalue weighted by molar-refractivity contribution is 0.0953. The van der Waals surface area contributed by atoms with Gasteiger partial charge < -0.3 is 9.73 Å². The van der Waals surface area contributed by atoms with Crippen molar-refractivity contribution in [3.63, 3.8) is 0 Å². The molecular formula is C22H18Cl2N4O3. The quantitative estimate of drug-likeness (QED) is 0.538. The van der Waals surface area contributed by atoms with Crippen molar-refractivity contribution in [2.45, 2.75) is 26.2 Å². The maximum absolute atomic E-state index is 12.8. The molecule has 0 aliphatic heterocycles. The van der Waals surface area contributed by atoms with Crippen molar-refractivity contribution < 1.29 is 14.0 Å². The third-order valence-electron chi connectivity index (χ3n) is 4.94. The van der Waals surface area contributed by atoms with Gasteiger partial charge in [0.25, 0.3) is 11.8 Å². The standard InChI is InChI=1S/C22H18Cl2N4O3/c1-12-19-17(27-28-21(29)13-7-9-25-10-8-13)3-2-4-18(19)31-20(12)22(30)26-14-5-6-15(23)16(24)11-14/h5-11H,2-4H2,1H3,(H,26,30)(H,28,29)/b27-17+. The van der Waals surface area contributed by atoms with Gasteiger partial charge in [-0.1, -0.05) is 23.2 Å². The average Bonchev–Trinajstić information content (AvgIpc) is 3.12. The van der Waals surface area contributed by atoms with Gasteiger partial charge in [-0.3, -0.25) is 14.6 Å². The van der Waals surface area contributed by atoms with Crippen LogP contribution in [0.2, 0.25) is 10.0 Å². The zero-order chi connectivity index (χ0) is 22.0. The monoisotopic (exact) mass is 456 g/mol. The minimum Gasteiger partial charge on any atom is -0.455 e. The molecule has 0 radical (unpaired) electrons. The molecule has 1 aliphatic carbocycles. The first-order chi connectivity index (χ1) is 14.9. The summed E-state index contributed by atoms with van der Waals surface area (Å²) < 4.78 is 5.87. The first kappa shape index (κ1) is 21.1. The Morgan fingerprint density at radius 3 is 2.58 bits per heavy atom. The summed E-state index contributed by atoms with van der Waals surface area (Å²) in [4.78, 5) is 29.0. The SMILES string of the molecule is Cc1c(C(=O)Nc2ccc(Cl)c(Cl)c2)oc2c1/C(=N/NC(=O)c1ccncc1)CCC2. The van der Waals surface area contributed by atoms with E-state index in [0.29, 0.717) is 51.2 Å². The van der Waals surface area contributed by atoms with Gasteiger partial charge in [0.1, 0.15) is 5.76 Å². The summed E-state index contributed by atoms with van der Waals surface area (Å²) in [5.41, 5.74) is 5.66. The van der Waals surface area contributed by atoms with Crippen molar-refractivity contribution in [3.05, 3.63) is 81.0 Å². The third-order valence-corrected chi connectivity index (χ3v) is 5.68. The van der Waals surface area contributed by atoms with E-state index in [1.165, 1.54) is 0 Å². The second-order valence-electron chi connectivity index (χ2n) is 7.03. The number of carbonyl (C=O) groups excluding carboxylic acids is 2. The molecule has 2 aromatic heterocycles. The number of hydrogen-bond donors (Lipinski definition) is 2. The Morgan fingerprint density at radius 2 is 1.84 bits per heavy atom. The third kappa shape index (κ3) is 4.47. The van der Waals surface area contributed by atoms with Gasteiger partial charge in [-0.25, -0.2) is 5.43 Å². The molecule has 4 rings (SSSR count). The predicted molar refractivity (Wildman–Crippen MR) is 119 cm³/mol. The molecule has 158 valence electrons. The Bertz CT molecular complexity index is 1190. The van der Waals surface area contributed by atoms with Crippen LogP contribution in [0.3, 0.4) is 0 Å². The van der Waals surface area contributed by atoms with Gasteiger partial charge in [-0.15, -0.1) is 0 Å². The highest BCUT2D eigenvalue weighted by Gasteiger charge is 2.28. The number of aromatic nitrogens is 1. The number of nitrogens with zero attached hydrogens (tertiary/aromatic N) is 2. The molecule has 0 fully saturated rings. The number of furan rings is 1. The summed E-state index contributed by atoms with van der Waals surface area (Å²) in [7, 11) is 0. The van der Waals surface area contributed by atoms with Gasteiger partial charge in [0.15, 0.2) is 5.76 Å². The van der Waals surface area contributed by atoms with Crippen molar-refractivity contribution in [2.24, 2.45) is 5.10 Å². The van der Waals surface area contributed by atoms with Gasteiger partial charge >= 0.3 is 0 Å². The highest BCUT2D eigenvalue weighted by molar-refractivity contribution is 6.42. The van der Waals surface area contributed by atoms with Crippen LogP contribution in [0.5, 0.6) is 0 Å². The van der Waals surface area contributed by atoms with E-state index in [4.69, 9.17) is 27.6 Å². The maximum Gasteiger partial charge on any atom is 0.291 e. The molecule has 3 aromatic rings. The van der Waals surface area contributed by atoms with Gasteiger partial charge in [0.05, 0.1) is 15.8 Å². The number of nitrogens with one attached hydrogen (secondary N) is 2. The van der Waals surface area contributed by atoms with Crippen molar-refractivity contribution in [1.29, 1.82) is 0 Å². The van der Waals surface area contributed by atoms with Gasteiger partial charge in [0, 0.05) is 41.2 Å². The van der Waals surface area contributed by atoms with Crippen LogP contribution in [0.15, 0.2) is 52.2 Å². The van der Waals surface area contributed by atoms with Crippen molar-refractivity contribution in [3.8, 4) is 0 Å². The van der Waals surface area contributed by atoms with Crippen molar-refractivity contribution in [1.82, 2.24) is 10.4 Å². The van der Waals surface area contributed by atoms with Gasteiger partial charge in [-0.2, -0.15) is 5.10 Å².